The summed E-state index contributed by atoms with van der Waals surface area (Å²) in [7, 11) is 1.58. The van der Waals surface area contributed by atoms with Crippen LogP contribution in [0.3, 0.4) is 0 Å². The molecule has 1 aromatic carbocycles. The summed E-state index contributed by atoms with van der Waals surface area (Å²) in [6, 6.07) is 6.07. The summed E-state index contributed by atoms with van der Waals surface area (Å²) in [5.74, 6) is 0.0499. The van der Waals surface area contributed by atoms with Crippen LogP contribution in [0.1, 0.15) is 0 Å². The van der Waals surface area contributed by atoms with E-state index >= 15 is 0 Å². The van der Waals surface area contributed by atoms with E-state index in [4.69, 9.17) is 5.26 Å². The number of hydrogen-bond acceptors (Lipinski definition) is 4. The molecular formula is C12H9FN4. The van der Waals surface area contributed by atoms with Gasteiger partial charge >= 0.3 is 0 Å². The Morgan fingerprint density at radius 3 is 2.24 bits per heavy atom. The van der Waals surface area contributed by atoms with Gasteiger partial charge in [-0.3, -0.25) is 4.90 Å². The fraction of sp³-hybridized carbons (Fsp3) is 0.0833. The maximum Gasteiger partial charge on any atom is 0.238 e. The lowest BCUT2D eigenvalue weighted by Crippen LogP contribution is -2.11. The van der Waals surface area contributed by atoms with Crippen LogP contribution in [-0.2, 0) is 0 Å². The van der Waals surface area contributed by atoms with Crippen LogP contribution in [0.25, 0.3) is 11.1 Å². The van der Waals surface area contributed by atoms with Crippen molar-refractivity contribution >= 4 is 5.95 Å². The molecule has 0 bridgehead atoms. The Kier molecular flexibility index (Phi) is 2.97. The number of nitriles is 1. The first-order valence-electron chi connectivity index (χ1n) is 4.92. The molecule has 0 aliphatic heterocycles. The van der Waals surface area contributed by atoms with Crippen LogP contribution in [0.15, 0.2) is 36.7 Å². The van der Waals surface area contributed by atoms with E-state index < -0.39 is 0 Å². The minimum atomic E-state index is -0.282. The first-order chi connectivity index (χ1) is 8.20. The highest BCUT2D eigenvalue weighted by molar-refractivity contribution is 5.61. The Labute approximate surface area is 98.0 Å². The molecule has 5 heteroatoms. The van der Waals surface area contributed by atoms with Crippen LogP contribution >= 0.6 is 0 Å². The van der Waals surface area contributed by atoms with E-state index in [1.807, 2.05) is 6.19 Å². The van der Waals surface area contributed by atoms with Crippen LogP contribution in [0.2, 0.25) is 0 Å². The second kappa shape index (κ2) is 4.58. The lowest BCUT2D eigenvalue weighted by atomic mass is 10.1. The van der Waals surface area contributed by atoms with Gasteiger partial charge in [-0.15, -0.1) is 0 Å². The topological polar surface area (TPSA) is 52.8 Å². The highest BCUT2D eigenvalue weighted by atomic mass is 19.1. The highest BCUT2D eigenvalue weighted by Crippen LogP contribution is 2.18. The van der Waals surface area contributed by atoms with Crippen molar-refractivity contribution in [2.45, 2.75) is 0 Å². The van der Waals surface area contributed by atoms with E-state index in [1.165, 1.54) is 17.0 Å². The van der Waals surface area contributed by atoms with Crippen molar-refractivity contribution in [1.29, 1.82) is 5.26 Å². The molecule has 2 rings (SSSR count). The van der Waals surface area contributed by atoms with Crippen molar-refractivity contribution in [2.24, 2.45) is 0 Å². The number of nitrogens with zero attached hydrogens (tertiary/aromatic N) is 4. The number of hydrogen-bond donors (Lipinski definition) is 0. The van der Waals surface area contributed by atoms with E-state index in [9.17, 15) is 4.39 Å². The zero-order valence-electron chi connectivity index (χ0n) is 9.13. The Hall–Kier alpha value is -2.48. The fourth-order valence-electron chi connectivity index (χ4n) is 1.33. The van der Waals surface area contributed by atoms with Crippen molar-refractivity contribution in [1.82, 2.24) is 9.97 Å². The van der Waals surface area contributed by atoms with Gasteiger partial charge in [-0.2, -0.15) is 5.26 Å². The minimum Gasteiger partial charge on any atom is -0.250 e. The minimum absolute atomic E-state index is 0.282. The normalized spacial score (nSPS) is 9.71. The average Bonchev–Trinajstić information content (AvgIpc) is 2.39. The van der Waals surface area contributed by atoms with Gasteiger partial charge in [0.1, 0.15) is 5.82 Å². The molecule has 0 N–H and O–H groups in total. The van der Waals surface area contributed by atoms with Crippen molar-refractivity contribution < 1.29 is 4.39 Å². The van der Waals surface area contributed by atoms with Crippen molar-refractivity contribution in [3.8, 4) is 17.3 Å². The summed E-state index contributed by atoms with van der Waals surface area (Å²) in [5, 5.41) is 8.66. The standard InChI is InChI=1S/C12H9FN4/c1-17(8-14)12-15-6-10(7-16-12)9-2-4-11(13)5-3-9/h2-7H,1H3. The second-order valence-electron chi connectivity index (χ2n) is 3.44. The number of rotatable bonds is 2. The fourth-order valence-corrected chi connectivity index (χ4v) is 1.33. The lowest BCUT2D eigenvalue weighted by molar-refractivity contribution is 0.628. The van der Waals surface area contributed by atoms with Crippen LogP contribution in [-0.4, -0.2) is 17.0 Å². The van der Waals surface area contributed by atoms with E-state index in [2.05, 4.69) is 9.97 Å². The first-order valence-corrected chi connectivity index (χ1v) is 4.92. The largest absolute Gasteiger partial charge is 0.250 e. The average molecular weight is 228 g/mol. The smallest absolute Gasteiger partial charge is 0.238 e. The van der Waals surface area contributed by atoms with Gasteiger partial charge in [0.2, 0.25) is 5.95 Å². The molecule has 2 aromatic rings. The van der Waals surface area contributed by atoms with Crippen LogP contribution < -0.4 is 4.90 Å². The number of benzene rings is 1. The number of halogens is 1. The summed E-state index contributed by atoms with van der Waals surface area (Å²) in [6.07, 6.45) is 5.11. The summed E-state index contributed by atoms with van der Waals surface area (Å²) in [6.45, 7) is 0. The molecule has 1 aromatic heterocycles. The summed E-state index contributed by atoms with van der Waals surface area (Å²) < 4.78 is 12.7. The SMILES string of the molecule is CN(C#N)c1ncc(-c2ccc(F)cc2)cn1. The maximum absolute atomic E-state index is 12.7. The van der Waals surface area contributed by atoms with E-state index in [0.717, 1.165) is 11.1 Å². The number of aromatic nitrogens is 2. The van der Waals surface area contributed by atoms with Crippen LogP contribution in [0, 0.1) is 17.3 Å². The molecule has 0 fully saturated rings. The zero-order valence-corrected chi connectivity index (χ0v) is 9.13. The van der Waals surface area contributed by atoms with E-state index in [0.29, 0.717) is 5.95 Å². The molecule has 1 heterocycles. The molecule has 84 valence electrons. The quantitative estimate of drug-likeness (QED) is 0.584. The van der Waals surface area contributed by atoms with E-state index in [-0.39, 0.29) is 5.82 Å². The Morgan fingerprint density at radius 2 is 1.71 bits per heavy atom. The molecule has 4 nitrogen and oxygen atoms in total. The molecule has 0 aliphatic rings. The predicted molar refractivity (Wildman–Crippen MR) is 61.4 cm³/mol. The monoisotopic (exact) mass is 228 g/mol. The third kappa shape index (κ3) is 2.37. The summed E-state index contributed by atoms with van der Waals surface area (Å²) >= 11 is 0. The van der Waals surface area contributed by atoms with Crippen molar-refractivity contribution in [2.75, 3.05) is 11.9 Å². The van der Waals surface area contributed by atoms with Gasteiger partial charge in [0, 0.05) is 25.0 Å². The third-order valence-electron chi connectivity index (χ3n) is 2.27. The molecule has 0 amide bonds. The Balaban J connectivity index is 2.30. The van der Waals surface area contributed by atoms with Crippen molar-refractivity contribution in [3.05, 3.63) is 42.5 Å². The van der Waals surface area contributed by atoms with Gasteiger partial charge in [-0.25, -0.2) is 14.4 Å². The Bertz CT molecular complexity index is 542. The number of anilines is 1. The molecule has 0 saturated heterocycles. The highest BCUT2D eigenvalue weighted by Gasteiger charge is 2.04. The Morgan fingerprint density at radius 1 is 1.12 bits per heavy atom. The van der Waals surface area contributed by atoms with Gasteiger partial charge in [0.25, 0.3) is 0 Å². The van der Waals surface area contributed by atoms with E-state index in [1.54, 1.807) is 31.6 Å². The molecule has 0 unspecified atom stereocenters. The van der Waals surface area contributed by atoms with Gasteiger partial charge in [-0.05, 0) is 17.7 Å². The summed E-state index contributed by atoms with van der Waals surface area (Å²) in [4.78, 5) is 9.35. The third-order valence-corrected chi connectivity index (χ3v) is 2.27. The lowest BCUT2D eigenvalue weighted by Gasteiger charge is -2.06. The molecule has 0 saturated carbocycles. The van der Waals surface area contributed by atoms with Gasteiger partial charge in [0.05, 0.1) is 0 Å². The molecular weight excluding hydrogens is 219 g/mol. The first kappa shape index (κ1) is 11.0. The maximum atomic E-state index is 12.7. The van der Waals surface area contributed by atoms with Gasteiger partial charge in [-0.1, -0.05) is 12.1 Å². The van der Waals surface area contributed by atoms with Gasteiger partial charge in [0.15, 0.2) is 6.19 Å². The predicted octanol–water partition coefficient (Wildman–Crippen LogP) is 2.20. The molecule has 0 radical (unpaired) electrons. The molecule has 0 spiro atoms. The molecule has 0 atom stereocenters. The molecule has 17 heavy (non-hydrogen) atoms. The zero-order chi connectivity index (χ0) is 12.3. The molecule has 0 aliphatic carbocycles. The second-order valence-corrected chi connectivity index (χ2v) is 3.44. The summed E-state index contributed by atoms with van der Waals surface area (Å²) in [5.41, 5.74) is 1.61. The van der Waals surface area contributed by atoms with Crippen LogP contribution in [0.5, 0.6) is 0 Å². The van der Waals surface area contributed by atoms with Gasteiger partial charge < -0.3 is 0 Å². The van der Waals surface area contributed by atoms with Crippen LogP contribution in [0.4, 0.5) is 10.3 Å². The van der Waals surface area contributed by atoms with Crippen molar-refractivity contribution in [3.63, 3.8) is 0 Å².